The quantitative estimate of drug-likeness (QED) is 0.829. The Morgan fingerprint density at radius 3 is 2.73 bits per heavy atom. The summed E-state index contributed by atoms with van der Waals surface area (Å²) >= 11 is 3.41. The number of ether oxygens (including phenoxy) is 1. The standard InChI is InChI=1S/C11H17BrN2O/c1-11(2,15-3)7-14-10-6-8(12)4-5-9(10)13/h4-6,14H,7,13H2,1-3H3. The van der Waals surface area contributed by atoms with Gasteiger partial charge in [0.2, 0.25) is 0 Å². The van der Waals surface area contributed by atoms with E-state index >= 15 is 0 Å². The molecule has 0 heterocycles. The van der Waals surface area contributed by atoms with Crippen LogP contribution in [0.15, 0.2) is 22.7 Å². The van der Waals surface area contributed by atoms with Gasteiger partial charge in [0.1, 0.15) is 0 Å². The molecule has 0 fully saturated rings. The molecule has 0 saturated heterocycles. The number of methoxy groups -OCH3 is 1. The molecular formula is C11H17BrN2O. The number of nitrogen functional groups attached to an aromatic ring is 1. The van der Waals surface area contributed by atoms with Gasteiger partial charge in [0.25, 0.3) is 0 Å². The Bertz CT molecular complexity index is 339. The van der Waals surface area contributed by atoms with Gasteiger partial charge in [0.15, 0.2) is 0 Å². The van der Waals surface area contributed by atoms with Crippen molar-refractivity contribution in [2.75, 3.05) is 24.7 Å². The van der Waals surface area contributed by atoms with Gasteiger partial charge in [-0.1, -0.05) is 15.9 Å². The van der Waals surface area contributed by atoms with Crippen molar-refractivity contribution in [2.24, 2.45) is 0 Å². The number of rotatable bonds is 4. The first-order valence-electron chi connectivity index (χ1n) is 4.79. The zero-order chi connectivity index (χ0) is 11.5. The van der Waals surface area contributed by atoms with Crippen LogP contribution in [0.5, 0.6) is 0 Å². The lowest BCUT2D eigenvalue weighted by Gasteiger charge is -2.24. The van der Waals surface area contributed by atoms with Gasteiger partial charge >= 0.3 is 0 Å². The van der Waals surface area contributed by atoms with E-state index in [1.54, 1.807) is 7.11 Å². The number of halogens is 1. The number of nitrogens with one attached hydrogen (secondary N) is 1. The second kappa shape index (κ2) is 4.86. The summed E-state index contributed by atoms with van der Waals surface area (Å²) in [4.78, 5) is 0. The first-order chi connectivity index (χ1) is 6.94. The molecule has 0 radical (unpaired) electrons. The van der Waals surface area contributed by atoms with E-state index in [1.807, 2.05) is 32.0 Å². The van der Waals surface area contributed by atoms with Crippen LogP contribution >= 0.6 is 15.9 Å². The molecule has 84 valence electrons. The first kappa shape index (κ1) is 12.3. The fourth-order valence-electron chi connectivity index (χ4n) is 1.06. The van der Waals surface area contributed by atoms with Crippen molar-refractivity contribution in [3.8, 4) is 0 Å². The second-order valence-corrected chi connectivity index (χ2v) is 4.96. The van der Waals surface area contributed by atoms with Crippen molar-refractivity contribution < 1.29 is 4.74 Å². The lowest BCUT2D eigenvalue weighted by Crippen LogP contribution is -2.32. The van der Waals surface area contributed by atoms with E-state index < -0.39 is 0 Å². The molecule has 0 saturated carbocycles. The van der Waals surface area contributed by atoms with Crippen molar-refractivity contribution in [3.63, 3.8) is 0 Å². The van der Waals surface area contributed by atoms with E-state index in [2.05, 4.69) is 21.2 Å². The van der Waals surface area contributed by atoms with E-state index in [1.165, 1.54) is 0 Å². The molecule has 0 spiro atoms. The van der Waals surface area contributed by atoms with Gasteiger partial charge in [-0.15, -0.1) is 0 Å². The fraction of sp³-hybridized carbons (Fsp3) is 0.455. The molecule has 0 aliphatic carbocycles. The van der Waals surface area contributed by atoms with Crippen LogP contribution in [-0.2, 0) is 4.74 Å². The predicted octanol–water partition coefficient (Wildman–Crippen LogP) is 2.87. The average Bonchev–Trinajstić information content (AvgIpc) is 2.20. The SMILES string of the molecule is COC(C)(C)CNc1cc(Br)ccc1N. The summed E-state index contributed by atoms with van der Waals surface area (Å²) < 4.78 is 6.32. The zero-order valence-corrected chi connectivity index (χ0v) is 10.9. The first-order valence-corrected chi connectivity index (χ1v) is 5.58. The summed E-state index contributed by atoms with van der Waals surface area (Å²) in [6.07, 6.45) is 0. The Morgan fingerprint density at radius 2 is 2.13 bits per heavy atom. The summed E-state index contributed by atoms with van der Waals surface area (Å²) in [5, 5.41) is 3.26. The minimum Gasteiger partial charge on any atom is -0.397 e. The topological polar surface area (TPSA) is 47.3 Å². The summed E-state index contributed by atoms with van der Waals surface area (Å²) in [5.74, 6) is 0. The van der Waals surface area contributed by atoms with Gasteiger partial charge in [-0.3, -0.25) is 0 Å². The van der Waals surface area contributed by atoms with Crippen LogP contribution in [0.4, 0.5) is 11.4 Å². The predicted molar refractivity (Wildman–Crippen MR) is 68.1 cm³/mol. The molecule has 0 bridgehead atoms. The van der Waals surface area contributed by atoms with E-state index in [0.717, 1.165) is 15.8 Å². The fourth-order valence-corrected chi connectivity index (χ4v) is 1.42. The molecule has 1 aromatic carbocycles. The van der Waals surface area contributed by atoms with Gasteiger partial charge in [0, 0.05) is 18.1 Å². The van der Waals surface area contributed by atoms with Crippen molar-refractivity contribution in [1.82, 2.24) is 0 Å². The molecule has 0 unspecified atom stereocenters. The lowest BCUT2D eigenvalue weighted by atomic mass is 10.1. The van der Waals surface area contributed by atoms with Gasteiger partial charge in [-0.2, -0.15) is 0 Å². The number of hydrogen-bond acceptors (Lipinski definition) is 3. The maximum Gasteiger partial charge on any atom is 0.0794 e. The minimum absolute atomic E-state index is 0.200. The molecule has 0 aliphatic rings. The van der Waals surface area contributed by atoms with Gasteiger partial charge < -0.3 is 15.8 Å². The normalized spacial score (nSPS) is 11.5. The highest BCUT2D eigenvalue weighted by Gasteiger charge is 2.16. The van der Waals surface area contributed by atoms with Crippen LogP contribution in [-0.4, -0.2) is 19.3 Å². The molecule has 3 nitrogen and oxygen atoms in total. The van der Waals surface area contributed by atoms with E-state index in [4.69, 9.17) is 10.5 Å². The number of anilines is 2. The van der Waals surface area contributed by atoms with Gasteiger partial charge in [-0.05, 0) is 32.0 Å². The van der Waals surface area contributed by atoms with Crippen molar-refractivity contribution in [2.45, 2.75) is 19.4 Å². The summed E-state index contributed by atoms with van der Waals surface area (Å²) in [5.41, 5.74) is 7.30. The largest absolute Gasteiger partial charge is 0.397 e. The lowest BCUT2D eigenvalue weighted by molar-refractivity contribution is 0.0344. The van der Waals surface area contributed by atoms with E-state index in [9.17, 15) is 0 Å². The van der Waals surface area contributed by atoms with Crippen LogP contribution in [0.3, 0.4) is 0 Å². The molecule has 0 aliphatic heterocycles. The third-order valence-electron chi connectivity index (χ3n) is 2.27. The second-order valence-electron chi connectivity index (χ2n) is 4.05. The maximum atomic E-state index is 5.84. The highest BCUT2D eigenvalue weighted by atomic mass is 79.9. The zero-order valence-electron chi connectivity index (χ0n) is 9.30. The Hall–Kier alpha value is -0.740. The Balaban J connectivity index is 2.69. The molecule has 3 N–H and O–H groups in total. The van der Waals surface area contributed by atoms with E-state index in [0.29, 0.717) is 6.54 Å². The molecule has 1 rings (SSSR count). The molecule has 0 atom stereocenters. The average molecular weight is 273 g/mol. The number of hydrogen-bond donors (Lipinski definition) is 2. The summed E-state index contributed by atoms with van der Waals surface area (Å²) in [6.45, 7) is 4.76. The molecule has 0 aromatic heterocycles. The van der Waals surface area contributed by atoms with Crippen molar-refractivity contribution in [3.05, 3.63) is 22.7 Å². The molecule has 0 amide bonds. The van der Waals surface area contributed by atoms with Crippen molar-refractivity contribution >= 4 is 27.3 Å². The number of nitrogens with two attached hydrogens (primary N) is 1. The van der Waals surface area contributed by atoms with Crippen LogP contribution in [0.1, 0.15) is 13.8 Å². The summed E-state index contributed by atoms with van der Waals surface area (Å²) in [6, 6.07) is 5.75. The Kier molecular flexibility index (Phi) is 3.99. The smallest absolute Gasteiger partial charge is 0.0794 e. The van der Waals surface area contributed by atoms with Crippen molar-refractivity contribution in [1.29, 1.82) is 0 Å². The highest BCUT2D eigenvalue weighted by molar-refractivity contribution is 9.10. The minimum atomic E-state index is -0.200. The molecule has 4 heteroatoms. The maximum absolute atomic E-state index is 5.84. The van der Waals surface area contributed by atoms with Crippen LogP contribution < -0.4 is 11.1 Å². The Labute approximate surface area is 99.1 Å². The number of benzene rings is 1. The van der Waals surface area contributed by atoms with Gasteiger partial charge in [-0.25, -0.2) is 0 Å². The third kappa shape index (κ3) is 3.72. The Morgan fingerprint density at radius 1 is 1.47 bits per heavy atom. The van der Waals surface area contributed by atoms with Crippen LogP contribution in [0, 0.1) is 0 Å². The summed E-state index contributed by atoms with van der Waals surface area (Å²) in [7, 11) is 1.70. The van der Waals surface area contributed by atoms with Crippen LogP contribution in [0.2, 0.25) is 0 Å². The highest BCUT2D eigenvalue weighted by Crippen LogP contribution is 2.24. The third-order valence-corrected chi connectivity index (χ3v) is 2.77. The molecule has 1 aromatic rings. The van der Waals surface area contributed by atoms with Gasteiger partial charge in [0.05, 0.1) is 17.0 Å². The monoisotopic (exact) mass is 272 g/mol. The molecular weight excluding hydrogens is 256 g/mol. The molecule has 15 heavy (non-hydrogen) atoms. The van der Waals surface area contributed by atoms with Crippen LogP contribution in [0.25, 0.3) is 0 Å². The van der Waals surface area contributed by atoms with E-state index in [-0.39, 0.29) is 5.60 Å².